The molecule has 0 aliphatic carbocycles. The van der Waals surface area contributed by atoms with Crippen molar-refractivity contribution in [2.24, 2.45) is 0 Å². The minimum Gasteiger partial charge on any atom is -0.360 e. The number of benzene rings is 2. The maximum atomic E-state index is 13.2. The molecule has 0 saturated heterocycles. The van der Waals surface area contributed by atoms with Crippen molar-refractivity contribution in [1.82, 2.24) is 10.5 Å². The SMILES string of the molecule is Cc1cc(NC(=O)C(C)Sc2cccc(NC(=O)/C(=C/c3cccs3)NC(=O)c3ccccc3)c2)no1. The summed E-state index contributed by atoms with van der Waals surface area (Å²) in [5.74, 6) is -0.111. The van der Waals surface area contributed by atoms with E-state index in [1.807, 2.05) is 29.6 Å². The van der Waals surface area contributed by atoms with Gasteiger partial charge in [-0.3, -0.25) is 14.4 Å². The Labute approximate surface area is 222 Å². The molecule has 0 bridgehead atoms. The summed E-state index contributed by atoms with van der Waals surface area (Å²) in [5.41, 5.74) is 1.09. The third-order valence-corrected chi connectivity index (χ3v) is 6.92. The zero-order valence-corrected chi connectivity index (χ0v) is 21.7. The van der Waals surface area contributed by atoms with Crippen LogP contribution in [0, 0.1) is 6.92 Å². The number of aromatic nitrogens is 1. The van der Waals surface area contributed by atoms with E-state index in [2.05, 4.69) is 21.1 Å². The number of nitrogens with one attached hydrogen (secondary N) is 3. The van der Waals surface area contributed by atoms with Crippen molar-refractivity contribution in [2.45, 2.75) is 24.0 Å². The second kappa shape index (κ2) is 12.2. The highest BCUT2D eigenvalue weighted by molar-refractivity contribution is 8.00. The van der Waals surface area contributed by atoms with E-state index in [1.165, 1.54) is 23.1 Å². The number of thiophene rings is 1. The van der Waals surface area contributed by atoms with Crippen LogP contribution in [0.4, 0.5) is 11.5 Å². The van der Waals surface area contributed by atoms with Gasteiger partial charge < -0.3 is 20.5 Å². The van der Waals surface area contributed by atoms with Gasteiger partial charge in [0.05, 0.1) is 5.25 Å². The molecule has 0 aliphatic rings. The van der Waals surface area contributed by atoms with Gasteiger partial charge in [0.15, 0.2) is 5.82 Å². The van der Waals surface area contributed by atoms with E-state index in [-0.39, 0.29) is 17.5 Å². The Morgan fingerprint density at radius 3 is 2.51 bits per heavy atom. The first-order valence-electron chi connectivity index (χ1n) is 11.3. The summed E-state index contributed by atoms with van der Waals surface area (Å²) in [4.78, 5) is 40.0. The van der Waals surface area contributed by atoms with Crippen LogP contribution in [0.3, 0.4) is 0 Å². The van der Waals surface area contributed by atoms with Crippen LogP contribution >= 0.6 is 23.1 Å². The number of hydrogen-bond donors (Lipinski definition) is 3. The standard InChI is InChI=1S/C27H24N4O4S2/c1-17-14-24(31-35-17)30-25(32)18(2)37-22-11-6-10-20(15-22)28-27(34)23(16-21-12-7-13-36-21)29-26(33)19-8-4-3-5-9-19/h3-16,18H,1-2H3,(H,28,34)(H,29,33)(H,30,31,32)/b23-16-. The minimum atomic E-state index is -0.466. The molecule has 4 rings (SSSR count). The maximum absolute atomic E-state index is 13.2. The van der Waals surface area contributed by atoms with Crippen LogP contribution < -0.4 is 16.0 Å². The molecular formula is C27H24N4O4S2. The molecule has 3 amide bonds. The molecule has 10 heteroatoms. The molecule has 0 radical (unpaired) electrons. The lowest BCUT2D eigenvalue weighted by Gasteiger charge is -2.13. The molecule has 1 unspecified atom stereocenters. The first-order valence-corrected chi connectivity index (χ1v) is 13.1. The summed E-state index contributed by atoms with van der Waals surface area (Å²) in [6, 6.07) is 21.2. The number of thioether (sulfide) groups is 1. The van der Waals surface area contributed by atoms with E-state index in [9.17, 15) is 14.4 Å². The first kappa shape index (κ1) is 25.9. The van der Waals surface area contributed by atoms with E-state index < -0.39 is 11.2 Å². The van der Waals surface area contributed by atoms with Gasteiger partial charge in [0.1, 0.15) is 11.5 Å². The van der Waals surface area contributed by atoms with Crippen LogP contribution in [-0.4, -0.2) is 28.1 Å². The summed E-state index contributed by atoms with van der Waals surface area (Å²) in [6.45, 7) is 3.52. The summed E-state index contributed by atoms with van der Waals surface area (Å²) < 4.78 is 4.98. The normalized spacial score (nSPS) is 12.0. The highest BCUT2D eigenvalue weighted by Crippen LogP contribution is 2.27. The van der Waals surface area contributed by atoms with Crippen LogP contribution in [0.2, 0.25) is 0 Å². The number of aryl methyl sites for hydroxylation is 1. The average molecular weight is 533 g/mol. The van der Waals surface area contributed by atoms with Gasteiger partial charge in [0, 0.05) is 27.1 Å². The van der Waals surface area contributed by atoms with Gasteiger partial charge in [-0.1, -0.05) is 35.5 Å². The van der Waals surface area contributed by atoms with Gasteiger partial charge in [-0.25, -0.2) is 0 Å². The van der Waals surface area contributed by atoms with E-state index in [4.69, 9.17) is 4.52 Å². The lowest BCUT2D eigenvalue weighted by Crippen LogP contribution is -2.30. The van der Waals surface area contributed by atoms with E-state index in [1.54, 1.807) is 68.5 Å². The molecule has 2 aromatic heterocycles. The molecule has 8 nitrogen and oxygen atoms in total. The zero-order valence-electron chi connectivity index (χ0n) is 20.1. The summed E-state index contributed by atoms with van der Waals surface area (Å²) in [6.07, 6.45) is 1.64. The minimum absolute atomic E-state index is 0.116. The molecule has 0 spiro atoms. The number of carbonyl (C=O) groups excluding carboxylic acids is 3. The number of hydrogen-bond acceptors (Lipinski definition) is 7. The van der Waals surface area contributed by atoms with Crippen molar-refractivity contribution in [1.29, 1.82) is 0 Å². The van der Waals surface area contributed by atoms with Crippen molar-refractivity contribution in [3.63, 3.8) is 0 Å². The van der Waals surface area contributed by atoms with Gasteiger partial charge in [0.25, 0.3) is 11.8 Å². The molecular weight excluding hydrogens is 508 g/mol. The van der Waals surface area contributed by atoms with Crippen LogP contribution in [-0.2, 0) is 9.59 Å². The van der Waals surface area contributed by atoms with E-state index in [0.717, 1.165) is 9.77 Å². The number of rotatable bonds is 9. The van der Waals surface area contributed by atoms with Crippen molar-refractivity contribution >= 4 is 58.4 Å². The van der Waals surface area contributed by atoms with Crippen LogP contribution in [0.15, 0.2) is 93.3 Å². The van der Waals surface area contributed by atoms with Gasteiger partial charge in [-0.05, 0) is 61.7 Å². The third kappa shape index (κ3) is 7.42. The molecule has 3 N–H and O–H groups in total. The van der Waals surface area contributed by atoms with Crippen molar-refractivity contribution in [2.75, 3.05) is 10.6 Å². The highest BCUT2D eigenvalue weighted by Gasteiger charge is 2.18. The Bertz CT molecular complexity index is 1420. The van der Waals surface area contributed by atoms with Crippen LogP contribution in [0.5, 0.6) is 0 Å². The Morgan fingerprint density at radius 2 is 1.81 bits per heavy atom. The Balaban J connectivity index is 1.44. The lowest BCUT2D eigenvalue weighted by atomic mass is 10.2. The topological polar surface area (TPSA) is 113 Å². The average Bonchev–Trinajstić information content (AvgIpc) is 3.55. The molecule has 2 heterocycles. The number of amides is 3. The van der Waals surface area contributed by atoms with Crippen LogP contribution in [0.25, 0.3) is 6.08 Å². The number of nitrogens with zero attached hydrogens (tertiary/aromatic N) is 1. The molecule has 4 aromatic rings. The summed E-state index contributed by atoms with van der Waals surface area (Å²) in [5, 5.41) is 13.5. The summed E-state index contributed by atoms with van der Waals surface area (Å²) in [7, 11) is 0. The maximum Gasteiger partial charge on any atom is 0.272 e. The molecule has 0 fully saturated rings. The van der Waals surface area contributed by atoms with E-state index >= 15 is 0 Å². The summed E-state index contributed by atoms with van der Waals surface area (Å²) >= 11 is 2.79. The second-order valence-electron chi connectivity index (χ2n) is 7.95. The Morgan fingerprint density at radius 1 is 1.00 bits per heavy atom. The fourth-order valence-electron chi connectivity index (χ4n) is 3.21. The van der Waals surface area contributed by atoms with Crippen molar-refractivity contribution in [3.05, 3.63) is 100 Å². The van der Waals surface area contributed by atoms with Crippen molar-refractivity contribution in [3.8, 4) is 0 Å². The van der Waals surface area contributed by atoms with Gasteiger partial charge in [-0.2, -0.15) is 0 Å². The Kier molecular flexibility index (Phi) is 8.55. The largest absolute Gasteiger partial charge is 0.360 e. The molecule has 0 saturated carbocycles. The fourth-order valence-corrected chi connectivity index (χ4v) is 4.80. The quantitative estimate of drug-likeness (QED) is 0.192. The van der Waals surface area contributed by atoms with Gasteiger partial charge in [0.2, 0.25) is 5.91 Å². The molecule has 2 aromatic carbocycles. The predicted molar refractivity (Wildman–Crippen MR) is 146 cm³/mol. The Hall–Kier alpha value is -4.15. The zero-order chi connectivity index (χ0) is 26.2. The predicted octanol–water partition coefficient (Wildman–Crippen LogP) is 5.57. The lowest BCUT2D eigenvalue weighted by molar-refractivity contribution is -0.115. The fraction of sp³-hybridized carbons (Fsp3) is 0.111. The third-order valence-electron chi connectivity index (χ3n) is 5.01. The van der Waals surface area contributed by atoms with Crippen molar-refractivity contribution < 1.29 is 18.9 Å². The molecule has 188 valence electrons. The second-order valence-corrected chi connectivity index (χ2v) is 10.3. The smallest absolute Gasteiger partial charge is 0.272 e. The van der Waals surface area contributed by atoms with Gasteiger partial charge >= 0.3 is 0 Å². The highest BCUT2D eigenvalue weighted by atomic mass is 32.2. The van der Waals surface area contributed by atoms with E-state index in [0.29, 0.717) is 22.8 Å². The number of anilines is 2. The monoisotopic (exact) mass is 532 g/mol. The molecule has 0 aliphatic heterocycles. The van der Waals surface area contributed by atoms with Crippen LogP contribution in [0.1, 0.15) is 27.9 Å². The molecule has 1 atom stereocenters. The first-order chi connectivity index (χ1) is 17.9. The van der Waals surface area contributed by atoms with Gasteiger partial charge in [-0.15, -0.1) is 23.1 Å². The number of carbonyl (C=O) groups is 3. The molecule has 37 heavy (non-hydrogen) atoms.